The Balaban J connectivity index is 2.98. The van der Waals surface area contributed by atoms with Crippen LogP contribution in [0.3, 0.4) is 0 Å². The second-order valence-electron chi connectivity index (χ2n) is 8.10. The average Bonchev–Trinajstić information content (AvgIpc) is 2.62. The Labute approximate surface area is 167 Å². The fourth-order valence-electron chi connectivity index (χ4n) is 3.66. The molecule has 1 N–H and O–H groups in total. The zero-order valence-corrected chi connectivity index (χ0v) is 18.6. The SMILES string of the molecule is CCCCCCCCCCCCCCCCCCCCCCCS(=O)O. The van der Waals surface area contributed by atoms with E-state index >= 15 is 0 Å². The fraction of sp³-hybridized carbons (Fsp3) is 1.00. The van der Waals surface area contributed by atoms with Gasteiger partial charge in [0.1, 0.15) is 0 Å². The molecule has 0 aromatic carbocycles. The predicted octanol–water partition coefficient (Wildman–Crippen LogP) is 8.42. The van der Waals surface area contributed by atoms with Gasteiger partial charge in [-0.2, -0.15) is 0 Å². The number of hydrogen-bond donors (Lipinski definition) is 1. The van der Waals surface area contributed by atoms with E-state index in [1.165, 1.54) is 122 Å². The molecule has 0 heterocycles. The van der Waals surface area contributed by atoms with Crippen LogP contribution in [-0.4, -0.2) is 14.5 Å². The molecule has 0 aliphatic carbocycles. The van der Waals surface area contributed by atoms with Crippen LogP contribution in [0.2, 0.25) is 0 Å². The van der Waals surface area contributed by atoms with Gasteiger partial charge in [0.15, 0.2) is 11.1 Å². The van der Waals surface area contributed by atoms with E-state index in [1.54, 1.807) is 0 Å². The molecule has 0 aromatic heterocycles. The summed E-state index contributed by atoms with van der Waals surface area (Å²) in [5, 5.41) is 0. The first-order valence-electron chi connectivity index (χ1n) is 11.8. The molecular formula is C23H48O2S. The molecule has 0 saturated carbocycles. The van der Waals surface area contributed by atoms with Gasteiger partial charge in [-0.3, -0.25) is 0 Å². The standard InChI is InChI=1S/C23H48O2S/c1-2-3-4-5-6-7-8-9-10-11-12-13-14-15-16-17-18-19-20-21-22-23-26(24)25/h2-23H2,1H3,(H,24,25). The van der Waals surface area contributed by atoms with Crippen LogP contribution >= 0.6 is 0 Å². The van der Waals surface area contributed by atoms with E-state index < -0.39 is 11.1 Å². The smallest absolute Gasteiger partial charge is 0.152 e. The summed E-state index contributed by atoms with van der Waals surface area (Å²) in [5.74, 6) is 0.457. The molecule has 0 aliphatic heterocycles. The van der Waals surface area contributed by atoms with Gasteiger partial charge < -0.3 is 4.55 Å². The average molecular weight is 389 g/mol. The highest BCUT2D eigenvalue weighted by Gasteiger charge is 1.96. The van der Waals surface area contributed by atoms with Crippen molar-refractivity contribution in [2.75, 3.05) is 5.75 Å². The molecule has 158 valence electrons. The Morgan fingerprint density at radius 2 is 0.692 bits per heavy atom. The highest BCUT2D eigenvalue weighted by molar-refractivity contribution is 7.79. The van der Waals surface area contributed by atoms with Crippen LogP contribution in [0.1, 0.15) is 142 Å². The summed E-state index contributed by atoms with van der Waals surface area (Å²) in [4.78, 5) is 0. The summed E-state index contributed by atoms with van der Waals surface area (Å²) in [6.45, 7) is 2.29. The van der Waals surface area contributed by atoms with Gasteiger partial charge in [0.25, 0.3) is 0 Å². The molecule has 1 atom stereocenters. The van der Waals surface area contributed by atoms with Crippen molar-refractivity contribution in [1.82, 2.24) is 0 Å². The van der Waals surface area contributed by atoms with E-state index in [9.17, 15) is 4.21 Å². The quantitative estimate of drug-likeness (QED) is 0.149. The van der Waals surface area contributed by atoms with Crippen LogP contribution in [0.4, 0.5) is 0 Å². The lowest BCUT2D eigenvalue weighted by molar-refractivity contribution is 0.520. The third-order valence-electron chi connectivity index (χ3n) is 5.42. The summed E-state index contributed by atoms with van der Waals surface area (Å²) >= 11 is -1.59. The first kappa shape index (κ1) is 26.1. The first-order valence-corrected chi connectivity index (χ1v) is 13.1. The Hall–Kier alpha value is 0.110. The van der Waals surface area contributed by atoms with Crippen molar-refractivity contribution < 1.29 is 8.76 Å². The van der Waals surface area contributed by atoms with E-state index in [2.05, 4.69) is 6.92 Å². The highest BCUT2D eigenvalue weighted by Crippen LogP contribution is 2.15. The van der Waals surface area contributed by atoms with Crippen molar-refractivity contribution in [2.45, 2.75) is 142 Å². The highest BCUT2D eigenvalue weighted by atomic mass is 32.2. The lowest BCUT2D eigenvalue weighted by Gasteiger charge is -2.04. The molecular weight excluding hydrogens is 340 g/mol. The Morgan fingerprint density at radius 3 is 0.923 bits per heavy atom. The van der Waals surface area contributed by atoms with Gasteiger partial charge >= 0.3 is 0 Å². The van der Waals surface area contributed by atoms with Crippen molar-refractivity contribution in [1.29, 1.82) is 0 Å². The molecule has 0 aromatic rings. The summed E-state index contributed by atoms with van der Waals surface area (Å²) < 4.78 is 19.2. The monoisotopic (exact) mass is 388 g/mol. The van der Waals surface area contributed by atoms with Crippen molar-refractivity contribution in [3.63, 3.8) is 0 Å². The third-order valence-corrected chi connectivity index (χ3v) is 6.06. The van der Waals surface area contributed by atoms with Gasteiger partial charge in [-0.1, -0.05) is 135 Å². The number of rotatable bonds is 22. The van der Waals surface area contributed by atoms with Crippen LogP contribution in [0, 0.1) is 0 Å². The van der Waals surface area contributed by atoms with Gasteiger partial charge in [-0.15, -0.1) is 0 Å². The molecule has 0 bridgehead atoms. The minimum absolute atomic E-state index is 0.457. The maximum atomic E-state index is 10.5. The normalized spacial score (nSPS) is 12.5. The van der Waals surface area contributed by atoms with Gasteiger partial charge in [0.05, 0.1) is 0 Å². The number of unbranched alkanes of at least 4 members (excludes halogenated alkanes) is 20. The molecule has 0 spiro atoms. The summed E-state index contributed by atoms with van der Waals surface area (Å²) in [5.41, 5.74) is 0. The topological polar surface area (TPSA) is 37.3 Å². The van der Waals surface area contributed by atoms with E-state index in [-0.39, 0.29) is 0 Å². The Bertz CT molecular complexity index is 281. The van der Waals surface area contributed by atoms with Crippen LogP contribution < -0.4 is 0 Å². The summed E-state index contributed by atoms with van der Waals surface area (Å²) in [6, 6.07) is 0. The Kier molecular flexibility index (Phi) is 23.2. The zero-order chi connectivity index (χ0) is 19.1. The van der Waals surface area contributed by atoms with Crippen LogP contribution in [-0.2, 0) is 11.1 Å². The summed E-state index contributed by atoms with van der Waals surface area (Å²) in [7, 11) is 0. The van der Waals surface area contributed by atoms with Crippen LogP contribution in [0.5, 0.6) is 0 Å². The second-order valence-corrected chi connectivity index (χ2v) is 9.15. The van der Waals surface area contributed by atoms with Gasteiger partial charge in [0, 0.05) is 5.75 Å². The lowest BCUT2D eigenvalue weighted by Crippen LogP contribution is -1.94. The molecule has 1 unspecified atom stereocenters. The van der Waals surface area contributed by atoms with Crippen LogP contribution in [0.15, 0.2) is 0 Å². The predicted molar refractivity (Wildman–Crippen MR) is 118 cm³/mol. The molecule has 2 nitrogen and oxygen atoms in total. The first-order chi connectivity index (χ1) is 12.8. The van der Waals surface area contributed by atoms with E-state index in [0.29, 0.717) is 5.75 Å². The van der Waals surface area contributed by atoms with Crippen LogP contribution in [0.25, 0.3) is 0 Å². The van der Waals surface area contributed by atoms with Crippen molar-refractivity contribution in [3.05, 3.63) is 0 Å². The molecule has 0 aliphatic rings. The van der Waals surface area contributed by atoms with Gasteiger partial charge in [0.2, 0.25) is 0 Å². The molecule has 0 saturated heterocycles. The molecule has 0 radical (unpaired) electrons. The Morgan fingerprint density at radius 1 is 0.462 bits per heavy atom. The minimum atomic E-state index is -1.59. The second kappa shape index (κ2) is 23.1. The molecule has 0 rings (SSSR count). The van der Waals surface area contributed by atoms with E-state index in [1.807, 2.05) is 0 Å². The summed E-state index contributed by atoms with van der Waals surface area (Å²) in [6.07, 6.45) is 28.9. The van der Waals surface area contributed by atoms with Crippen molar-refractivity contribution in [3.8, 4) is 0 Å². The molecule has 3 heteroatoms. The lowest BCUT2D eigenvalue weighted by atomic mass is 10.0. The third kappa shape index (κ3) is 24.1. The maximum Gasteiger partial charge on any atom is 0.152 e. The largest absolute Gasteiger partial charge is 0.306 e. The maximum absolute atomic E-state index is 10.5. The minimum Gasteiger partial charge on any atom is -0.306 e. The fourth-order valence-corrected chi connectivity index (χ4v) is 4.11. The van der Waals surface area contributed by atoms with Crippen molar-refractivity contribution >= 4 is 11.1 Å². The zero-order valence-electron chi connectivity index (χ0n) is 17.8. The van der Waals surface area contributed by atoms with Crippen molar-refractivity contribution in [2.24, 2.45) is 0 Å². The molecule has 0 amide bonds. The van der Waals surface area contributed by atoms with E-state index in [4.69, 9.17) is 4.55 Å². The van der Waals surface area contributed by atoms with E-state index in [0.717, 1.165) is 12.8 Å². The molecule has 0 fully saturated rings. The molecule has 26 heavy (non-hydrogen) atoms. The van der Waals surface area contributed by atoms with Gasteiger partial charge in [-0.05, 0) is 6.42 Å². The number of hydrogen-bond acceptors (Lipinski definition) is 1. The van der Waals surface area contributed by atoms with Gasteiger partial charge in [-0.25, -0.2) is 4.21 Å².